The third-order valence-electron chi connectivity index (χ3n) is 4.62. The first kappa shape index (κ1) is 20.8. The highest BCUT2D eigenvalue weighted by Gasteiger charge is 2.21. The van der Waals surface area contributed by atoms with Gasteiger partial charge in [0.2, 0.25) is 0 Å². The van der Waals surface area contributed by atoms with Crippen molar-refractivity contribution in [2.45, 2.75) is 53.6 Å². The van der Waals surface area contributed by atoms with Crippen LogP contribution in [0.4, 0.5) is 0 Å². The number of benzene rings is 2. The fourth-order valence-electron chi connectivity index (χ4n) is 3.16. The molecular formula is C23H30O4. The maximum Gasteiger partial charge on any atom is 0.339 e. The molecule has 0 amide bonds. The van der Waals surface area contributed by atoms with E-state index < -0.39 is 5.97 Å². The van der Waals surface area contributed by atoms with Gasteiger partial charge in [0.1, 0.15) is 23.7 Å². The Labute approximate surface area is 162 Å². The molecule has 2 rings (SSSR count). The van der Waals surface area contributed by atoms with E-state index in [4.69, 9.17) is 9.47 Å². The van der Waals surface area contributed by atoms with Gasteiger partial charge in [-0.3, -0.25) is 0 Å². The summed E-state index contributed by atoms with van der Waals surface area (Å²) in [4.78, 5) is 11.8. The zero-order chi connectivity index (χ0) is 19.8. The molecule has 0 saturated heterocycles. The molecule has 146 valence electrons. The van der Waals surface area contributed by atoms with E-state index in [2.05, 4.69) is 13.8 Å². The largest absolute Gasteiger partial charge is 0.493 e. The first-order valence-corrected chi connectivity index (χ1v) is 9.63. The number of carboxylic acid groups (broad SMARTS) is 1. The molecule has 0 radical (unpaired) electrons. The zero-order valence-corrected chi connectivity index (χ0v) is 16.7. The number of hydrogen-bond donors (Lipinski definition) is 1. The number of ether oxygens (including phenoxy) is 2. The Morgan fingerprint density at radius 2 is 1.81 bits per heavy atom. The maximum atomic E-state index is 11.8. The lowest BCUT2D eigenvalue weighted by Gasteiger charge is -2.19. The van der Waals surface area contributed by atoms with E-state index >= 15 is 0 Å². The molecule has 1 N–H and O–H groups in total. The number of carbonyl (C=O) groups is 1. The summed E-state index contributed by atoms with van der Waals surface area (Å²) < 4.78 is 11.9. The van der Waals surface area contributed by atoms with Crippen LogP contribution in [-0.4, -0.2) is 17.7 Å². The summed E-state index contributed by atoms with van der Waals surface area (Å²) >= 11 is 0. The number of carboxylic acids is 1. The van der Waals surface area contributed by atoms with Gasteiger partial charge in [-0.15, -0.1) is 0 Å². The Bertz CT molecular complexity index is 751. The molecule has 27 heavy (non-hydrogen) atoms. The zero-order valence-electron chi connectivity index (χ0n) is 16.7. The van der Waals surface area contributed by atoms with Crippen molar-refractivity contribution in [2.24, 2.45) is 5.92 Å². The van der Waals surface area contributed by atoms with Crippen LogP contribution in [0.15, 0.2) is 36.4 Å². The van der Waals surface area contributed by atoms with E-state index in [-0.39, 0.29) is 5.56 Å². The highest BCUT2D eigenvalue weighted by Crippen LogP contribution is 2.34. The number of hydrogen-bond acceptors (Lipinski definition) is 3. The highest BCUT2D eigenvalue weighted by molar-refractivity contribution is 5.93. The number of rotatable bonds is 10. The van der Waals surface area contributed by atoms with Gasteiger partial charge >= 0.3 is 5.97 Å². The first-order chi connectivity index (χ1) is 12.9. The summed E-state index contributed by atoms with van der Waals surface area (Å²) in [5.41, 5.74) is 2.94. The van der Waals surface area contributed by atoms with Crippen molar-refractivity contribution >= 4 is 5.97 Å². The van der Waals surface area contributed by atoms with Crippen molar-refractivity contribution in [1.82, 2.24) is 0 Å². The fourth-order valence-corrected chi connectivity index (χ4v) is 3.16. The van der Waals surface area contributed by atoms with Gasteiger partial charge in [0.25, 0.3) is 0 Å². The summed E-state index contributed by atoms with van der Waals surface area (Å²) in [7, 11) is 0. The number of aromatic carboxylic acids is 1. The molecule has 0 heterocycles. The Kier molecular flexibility index (Phi) is 7.71. The van der Waals surface area contributed by atoms with Crippen LogP contribution in [0.3, 0.4) is 0 Å². The van der Waals surface area contributed by atoms with Crippen molar-refractivity contribution in [3.05, 3.63) is 58.7 Å². The van der Waals surface area contributed by atoms with Crippen molar-refractivity contribution in [2.75, 3.05) is 6.61 Å². The standard InChI is InChI=1S/C23H30O4/c1-5-19-17(4)22(23(24)25)21(26-13-9-10-16(2)3)14-20(19)27-15-18-11-7-6-8-12-18/h6-8,11-12,14,16H,5,9-10,13,15H2,1-4H3,(H,24,25). The summed E-state index contributed by atoms with van der Waals surface area (Å²) in [6, 6.07) is 11.7. The SMILES string of the molecule is CCc1c(OCc2ccccc2)cc(OCCCC(C)C)c(C(=O)O)c1C. The molecule has 0 aromatic heterocycles. The Morgan fingerprint density at radius 1 is 1.11 bits per heavy atom. The molecule has 0 unspecified atom stereocenters. The summed E-state index contributed by atoms with van der Waals surface area (Å²) in [6.45, 7) is 9.11. The average Bonchev–Trinajstić information content (AvgIpc) is 2.63. The molecule has 0 aliphatic carbocycles. The molecule has 0 aliphatic rings. The van der Waals surface area contributed by atoms with Gasteiger partial charge < -0.3 is 14.6 Å². The van der Waals surface area contributed by atoms with Crippen molar-refractivity contribution in [3.63, 3.8) is 0 Å². The lowest BCUT2D eigenvalue weighted by molar-refractivity contribution is 0.0691. The minimum absolute atomic E-state index is 0.239. The minimum Gasteiger partial charge on any atom is -0.493 e. The summed E-state index contributed by atoms with van der Waals surface area (Å²) in [5.74, 6) is 0.726. The predicted octanol–water partition coefficient (Wildman–Crippen LogP) is 5.65. The van der Waals surface area contributed by atoms with Crippen LogP contribution >= 0.6 is 0 Å². The Hall–Kier alpha value is -2.49. The molecule has 0 atom stereocenters. The third kappa shape index (κ3) is 5.75. The second-order valence-corrected chi connectivity index (χ2v) is 7.17. The predicted molar refractivity (Wildman–Crippen MR) is 108 cm³/mol. The lowest BCUT2D eigenvalue weighted by Crippen LogP contribution is -2.10. The van der Waals surface area contributed by atoms with Crippen LogP contribution in [0.25, 0.3) is 0 Å². The minimum atomic E-state index is -0.962. The van der Waals surface area contributed by atoms with Gasteiger partial charge in [0, 0.05) is 6.07 Å². The van der Waals surface area contributed by atoms with Crippen LogP contribution in [0.5, 0.6) is 11.5 Å². The van der Waals surface area contributed by atoms with E-state index in [9.17, 15) is 9.90 Å². The first-order valence-electron chi connectivity index (χ1n) is 9.63. The average molecular weight is 370 g/mol. The third-order valence-corrected chi connectivity index (χ3v) is 4.62. The van der Waals surface area contributed by atoms with Gasteiger partial charge in [0.15, 0.2) is 0 Å². The molecule has 0 bridgehead atoms. The maximum absolute atomic E-state index is 11.8. The van der Waals surface area contributed by atoms with Gasteiger partial charge in [0.05, 0.1) is 6.61 Å². The smallest absolute Gasteiger partial charge is 0.339 e. The van der Waals surface area contributed by atoms with Crippen LogP contribution in [0, 0.1) is 12.8 Å². The van der Waals surface area contributed by atoms with Gasteiger partial charge in [-0.1, -0.05) is 51.1 Å². The van der Waals surface area contributed by atoms with Crippen LogP contribution in [0.2, 0.25) is 0 Å². The summed E-state index contributed by atoms with van der Waals surface area (Å²) in [5, 5.41) is 9.69. The molecule has 2 aromatic rings. The molecular weight excluding hydrogens is 340 g/mol. The van der Waals surface area contributed by atoms with Gasteiger partial charge in [-0.25, -0.2) is 4.79 Å². The second kappa shape index (κ2) is 10.0. The van der Waals surface area contributed by atoms with Crippen LogP contribution < -0.4 is 9.47 Å². The van der Waals surface area contributed by atoms with Crippen molar-refractivity contribution in [3.8, 4) is 11.5 Å². The van der Waals surface area contributed by atoms with Gasteiger partial charge in [-0.2, -0.15) is 0 Å². The lowest BCUT2D eigenvalue weighted by atomic mass is 9.98. The molecule has 0 saturated carbocycles. The topological polar surface area (TPSA) is 55.8 Å². The fraction of sp³-hybridized carbons (Fsp3) is 0.435. The highest BCUT2D eigenvalue weighted by atomic mass is 16.5. The molecule has 0 aliphatic heterocycles. The van der Waals surface area contributed by atoms with E-state index in [1.807, 2.05) is 44.2 Å². The Balaban J connectivity index is 2.27. The van der Waals surface area contributed by atoms with Crippen LogP contribution in [-0.2, 0) is 13.0 Å². The Morgan fingerprint density at radius 3 is 2.41 bits per heavy atom. The monoisotopic (exact) mass is 370 g/mol. The molecule has 4 nitrogen and oxygen atoms in total. The quantitative estimate of drug-likeness (QED) is 0.549. The molecule has 0 spiro atoms. The van der Waals surface area contributed by atoms with E-state index in [0.717, 1.165) is 29.5 Å². The van der Waals surface area contributed by atoms with Crippen molar-refractivity contribution in [1.29, 1.82) is 0 Å². The summed E-state index contributed by atoms with van der Waals surface area (Å²) in [6.07, 6.45) is 2.64. The van der Waals surface area contributed by atoms with Gasteiger partial charge in [-0.05, 0) is 48.8 Å². The molecule has 4 heteroatoms. The molecule has 0 fully saturated rings. The van der Waals surface area contributed by atoms with E-state index in [1.165, 1.54) is 0 Å². The van der Waals surface area contributed by atoms with Crippen LogP contribution in [0.1, 0.15) is 60.7 Å². The normalized spacial score (nSPS) is 10.9. The van der Waals surface area contributed by atoms with E-state index in [0.29, 0.717) is 37.1 Å². The second-order valence-electron chi connectivity index (χ2n) is 7.17. The molecule has 2 aromatic carbocycles. The van der Waals surface area contributed by atoms with E-state index in [1.54, 1.807) is 6.07 Å². The van der Waals surface area contributed by atoms with Crippen molar-refractivity contribution < 1.29 is 19.4 Å².